The van der Waals surface area contributed by atoms with E-state index < -0.39 is 0 Å². The summed E-state index contributed by atoms with van der Waals surface area (Å²) in [6, 6.07) is 15.6. The molecule has 21 heavy (non-hydrogen) atoms. The van der Waals surface area contributed by atoms with Crippen LogP contribution in [0.1, 0.15) is 23.5 Å². The third-order valence-corrected chi connectivity index (χ3v) is 6.57. The van der Waals surface area contributed by atoms with Crippen molar-refractivity contribution < 1.29 is 0 Å². The van der Waals surface area contributed by atoms with Crippen molar-refractivity contribution >= 4 is 14.7 Å². The largest absolute Gasteiger partial charge is 0.102 e. The Morgan fingerprint density at radius 1 is 1.05 bits per heavy atom. The van der Waals surface area contributed by atoms with Gasteiger partial charge >= 0.3 is 0 Å². The van der Waals surface area contributed by atoms with Gasteiger partial charge in [0.05, 0.1) is 9.52 Å². The number of fused-ring (bicyclic) bond motifs is 3. The van der Waals surface area contributed by atoms with Gasteiger partial charge in [-0.2, -0.15) is 0 Å². The van der Waals surface area contributed by atoms with Crippen LogP contribution < -0.4 is 5.19 Å². The second kappa shape index (κ2) is 5.01. The standard InChI is InChI=1S/C20H18Si/c1-2-15-16-10-5-6-11-17(16)18-12-7-13-19(20(15)18)21-14-8-3-4-9-14/h2-8,10-13,15H,1,9,21H2. The Labute approximate surface area is 128 Å². The first-order chi connectivity index (χ1) is 10.4. The van der Waals surface area contributed by atoms with E-state index in [-0.39, 0.29) is 9.52 Å². The van der Waals surface area contributed by atoms with Crippen LogP contribution in [0.2, 0.25) is 0 Å². The Hall–Kier alpha value is -2.12. The molecular weight excluding hydrogens is 268 g/mol. The smallest absolute Gasteiger partial charge is 0.0832 e. The van der Waals surface area contributed by atoms with Crippen LogP contribution in [-0.4, -0.2) is 9.52 Å². The van der Waals surface area contributed by atoms with Crippen molar-refractivity contribution in [1.82, 2.24) is 0 Å². The Bertz CT molecular complexity index is 780. The minimum atomic E-state index is -0.362. The van der Waals surface area contributed by atoms with Crippen molar-refractivity contribution in [1.29, 1.82) is 0 Å². The lowest BCUT2D eigenvalue weighted by Gasteiger charge is -2.14. The van der Waals surface area contributed by atoms with Crippen LogP contribution in [0.4, 0.5) is 0 Å². The minimum Gasteiger partial charge on any atom is -0.102 e. The maximum Gasteiger partial charge on any atom is 0.0832 e. The number of allylic oxidation sites excluding steroid dienone is 5. The number of rotatable bonds is 3. The topological polar surface area (TPSA) is 0 Å². The van der Waals surface area contributed by atoms with Crippen molar-refractivity contribution in [3.05, 3.63) is 89.7 Å². The van der Waals surface area contributed by atoms with Gasteiger partial charge in [-0.3, -0.25) is 0 Å². The van der Waals surface area contributed by atoms with Crippen LogP contribution in [-0.2, 0) is 0 Å². The summed E-state index contributed by atoms with van der Waals surface area (Å²) in [5.74, 6) is 0.370. The van der Waals surface area contributed by atoms with Crippen molar-refractivity contribution in [3.63, 3.8) is 0 Å². The molecule has 2 aromatic carbocycles. The van der Waals surface area contributed by atoms with Gasteiger partial charge in [0.15, 0.2) is 0 Å². The van der Waals surface area contributed by atoms with E-state index in [1.54, 1.807) is 10.4 Å². The van der Waals surface area contributed by atoms with E-state index in [1.807, 2.05) is 0 Å². The second-order valence-electron chi connectivity index (χ2n) is 5.81. The highest BCUT2D eigenvalue weighted by Gasteiger charge is 2.28. The molecule has 0 spiro atoms. The summed E-state index contributed by atoms with van der Waals surface area (Å²) < 4.78 is 0. The van der Waals surface area contributed by atoms with Crippen LogP contribution in [0.3, 0.4) is 0 Å². The molecule has 0 radical (unpaired) electrons. The molecule has 0 heterocycles. The van der Waals surface area contributed by atoms with Gasteiger partial charge in [0.1, 0.15) is 0 Å². The van der Waals surface area contributed by atoms with Gasteiger partial charge in [0.25, 0.3) is 0 Å². The van der Waals surface area contributed by atoms with Gasteiger partial charge in [0, 0.05) is 5.92 Å². The zero-order valence-electron chi connectivity index (χ0n) is 12.0. The molecule has 2 aliphatic rings. The predicted octanol–water partition coefficient (Wildman–Crippen LogP) is 3.62. The summed E-state index contributed by atoms with van der Waals surface area (Å²) in [6.45, 7) is 4.10. The highest BCUT2D eigenvalue weighted by Crippen LogP contribution is 2.44. The number of hydrogen-bond acceptors (Lipinski definition) is 0. The van der Waals surface area contributed by atoms with Crippen LogP contribution in [0.5, 0.6) is 0 Å². The van der Waals surface area contributed by atoms with Gasteiger partial charge in [-0.25, -0.2) is 0 Å². The molecule has 0 aromatic heterocycles. The fourth-order valence-electron chi connectivity index (χ4n) is 3.65. The van der Waals surface area contributed by atoms with Gasteiger partial charge in [-0.05, 0) is 28.7 Å². The molecule has 0 fully saturated rings. The molecule has 0 bridgehead atoms. The van der Waals surface area contributed by atoms with Gasteiger partial charge in [0.2, 0.25) is 0 Å². The first-order valence-electron chi connectivity index (χ1n) is 7.56. The third-order valence-electron chi connectivity index (χ3n) is 4.59. The average Bonchev–Trinajstić information content (AvgIpc) is 3.13. The summed E-state index contributed by atoms with van der Waals surface area (Å²) in [4.78, 5) is 0. The Morgan fingerprint density at radius 3 is 2.71 bits per heavy atom. The zero-order chi connectivity index (χ0) is 14.2. The highest BCUT2D eigenvalue weighted by molar-refractivity contribution is 6.62. The van der Waals surface area contributed by atoms with E-state index in [0.717, 1.165) is 6.42 Å². The van der Waals surface area contributed by atoms with Crippen molar-refractivity contribution in [2.45, 2.75) is 12.3 Å². The molecular formula is C20H18Si. The second-order valence-corrected chi connectivity index (χ2v) is 7.84. The molecule has 102 valence electrons. The summed E-state index contributed by atoms with van der Waals surface area (Å²) in [6.07, 6.45) is 10.1. The summed E-state index contributed by atoms with van der Waals surface area (Å²) in [7, 11) is -0.362. The lowest BCUT2D eigenvalue weighted by molar-refractivity contribution is 1.08. The Morgan fingerprint density at radius 2 is 1.90 bits per heavy atom. The molecule has 1 heteroatoms. The van der Waals surface area contributed by atoms with Crippen LogP contribution in [0.15, 0.2) is 78.5 Å². The lowest BCUT2D eigenvalue weighted by atomic mass is 9.97. The van der Waals surface area contributed by atoms with E-state index in [2.05, 4.69) is 73.3 Å². The third kappa shape index (κ3) is 1.97. The minimum absolute atomic E-state index is 0.362. The van der Waals surface area contributed by atoms with E-state index in [4.69, 9.17) is 0 Å². The summed E-state index contributed by atoms with van der Waals surface area (Å²) >= 11 is 0. The summed E-state index contributed by atoms with van der Waals surface area (Å²) in [5, 5.41) is 3.23. The van der Waals surface area contributed by atoms with E-state index in [9.17, 15) is 0 Å². The van der Waals surface area contributed by atoms with Gasteiger partial charge in [-0.1, -0.05) is 77.2 Å². The molecule has 1 unspecified atom stereocenters. The average molecular weight is 286 g/mol. The molecule has 0 N–H and O–H groups in total. The van der Waals surface area contributed by atoms with E-state index in [0.29, 0.717) is 5.92 Å². The molecule has 4 rings (SSSR count). The lowest BCUT2D eigenvalue weighted by Crippen LogP contribution is -2.22. The zero-order valence-corrected chi connectivity index (χ0v) is 13.5. The van der Waals surface area contributed by atoms with E-state index >= 15 is 0 Å². The molecule has 2 aromatic rings. The number of benzene rings is 2. The molecule has 0 nitrogen and oxygen atoms in total. The first kappa shape index (κ1) is 12.6. The fraction of sp³-hybridized carbons (Fsp3) is 0.100. The maximum atomic E-state index is 4.10. The first-order valence-corrected chi connectivity index (χ1v) is 8.98. The van der Waals surface area contributed by atoms with Crippen LogP contribution >= 0.6 is 0 Å². The predicted molar refractivity (Wildman–Crippen MR) is 93.9 cm³/mol. The monoisotopic (exact) mass is 286 g/mol. The number of hydrogen-bond donors (Lipinski definition) is 0. The quantitative estimate of drug-likeness (QED) is 0.597. The highest BCUT2D eigenvalue weighted by atomic mass is 28.2. The molecule has 0 saturated heterocycles. The molecule has 0 amide bonds. The van der Waals surface area contributed by atoms with Crippen LogP contribution in [0.25, 0.3) is 11.1 Å². The van der Waals surface area contributed by atoms with Gasteiger partial charge < -0.3 is 0 Å². The molecule has 0 saturated carbocycles. The Balaban J connectivity index is 1.85. The molecule has 0 aliphatic heterocycles. The van der Waals surface area contributed by atoms with Crippen LogP contribution in [0, 0.1) is 0 Å². The summed E-state index contributed by atoms with van der Waals surface area (Å²) in [5.41, 5.74) is 5.76. The van der Waals surface area contributed by atoms with Gasteiger partial charge in [-0.15, -0.1) is 6.58 Å². The fourth-order valence-corrected chi connectivity index (χ4v) is 5.56. The normalized spacial score (nSPS) is 18.9. The Kier molecular flexibility index (Phi) is 3.01. The molecule has 1 atom stereocenters. The SMILES string of the molecule is C=CC1c2ccccc2-c2cccc([SiH2]C3=CC=CC3)c21. The van der Waals surface area contributed by atoms with E-state index in [1.165, 1.54) is 22.3 Å². The molecule has 2 aliphatic carbocycles. The van der Waals surface area contributed by atoms with Crippen molar-refractivity contribution in [2.24, 2.45) is 0 Å². The van der Waals surface area contributed by atoms with Crippen molar-refractivity contribution in [3.8, 4) is 11.1 Å². The van der Waals surface area contributed by atoms with Crippen molar-refractivity contribution in [2.75, 3.05) is 0 Å². The maximum absolute atomic E-state index is 4.10.